The number of hydrogen-bond donors (Lipinski definition) is 0. The summed E-state index contributed by atoms with van der Waals surface area (Å²) in [5.41, 5.74) is 2.10. The van der Waals surface area contributed by atoms with E-state index in [-0.39, 0.29) is 18.0 Å². The number of halogens is 1. The number of rotatable bonds is 6. The van der Waals surface area contributed by atoms with Crippen LogP contribution in [0.4, 0.5) is 5.69 Å². The number of benzene rings is 2. The molecule has 0 spiro atoms. The third-order valence-electron chi connectivity index (χ3n) is 5.47. The summed E-state index contributed by atoms with van der Waals surface area (Å²) in [6, 6.07) is 16.6. The van der Waals surface area contributed by atoms with E-state index in [1.807, 2.05) is 55.5 Å². The van der Waals surface area contributed by atoms with E-state index in [1.54, 1.807) is 4.90 Å². The van der Waals surface area contributed by atoms with Gasteiger partial charge in [-0.3, -0.25) is 14.2 Å². The topological polar surface area (TPSA) is 67.7 Å². The van der Waals surface area contributed by atoms with Gasteiger partial charge in [-0.2, -0.15) is 0 Å². The van der Waals surface area contributed by atoms with Crippen molar-refractivity contribution in [3.05, 3.63) is 76.3 Å². The van der Waals surface area contributed by atoms with Gasteiger partial charge in [0.15, 0.2) is 0 Å². The Balaban J connectivity index is 1.37. The largest absolute Gasteiger partial charge is 0.494 e. The zero-order chi connectivity index (χ0) is 22.5. The van der Waals surface area contributed by atoms with Gasteiger partial charge in [0.25, 0.3) is 5.56 Å². The lowest BCUT2D eigenvalue weighted by Gasteiger charge is -2.36. The number of amides is 1. The van der Waals surface area contributed by atoms with Gasteiger partial charge in [-0.25, -0.2) is 4.98 Å². The lowest BCUT2D eigenvalue weighted by molar-refractivity contribution is -0.132. The molecule has 1 aromatic heterocycles. The molecule has 2 heterocycles. The van der Waals surface area contributed by atoms with E-state index in [9.17, 15) is 9.59 Å². The highest BCUT2D eigenvalue weighted by Gasteiger charge is 2.22. The first-order valence-corrected chi connectivity index (χ1v) is 11.0. The molecule has 0 aliphatic carbocycles. The third-order valence-corrected chi connectivity index (χ3v) is 5.79. The van der Waals surface area contributed by atoms with E-state index in [2.05, 4.69) is 9.88 Å². The molecule has 32 heavy (non-hydrogen) atoms. The fourth-order valence-corrected chi connectivity index (χ4v) is 4.00. The van der Waals surface area contributed by atoms with E-state index in [0.717, 1.165) is 17.0 Å². The summed E-state index contributed by atoms with van der Waals surface area (Å²) in [6.45, 7) is 5.04. The average molecular weight is 453 g/mol. The van der Waals surface area contributed by atoms with Crippen LogP contribution in [0, 0.1) is 0 Å². The Morgan fingerprint density at radius 2 is 1.78 bits per heavy atom. The number of para-hydroxylation sites is 1. The molecule has 0 N–H and O–H groups in total. The van der Waals surface area contributed by atoms with Crippen molar-refractivity contribution in [3.63, 3.8) is 0 Å². The number of carbonyl (C=O) groups is 1. The third kappa shape index (κ3) is 4.94. The molecule has 0 atom stereocenters. The molecule has 4 rings (SSSR count). The second-order valence-electron chi connectivity index (χ2n) is 7.52. The summed E-state index contributed by atoms with van der Waals surface area (Å²) < 4.78 is 6.79. The van der Waals surface area contributed by atoms with Crippen LogP contribution < -0.4 is 15.2 Å². The molecule has 7 nitrogen and oxygen atoms in total. The van der Waals surface area contributed by atoms with E-state index >= 15 is 0 Å². The maximum Gasteiger partial charge on any atom is 0.254 e. The van der Waals surface area contributed by atoms with E-state index in [0.29, 0.717) is 43.5 Å². The number of hydrogen-bond acceptors (Lipinski definition) is 5. The van der Waals surface area contributed by atoms with Crippen molar-refractivity contribution in [1.82, 2.24) is 14.5 Å². The molecule has 8 heteroatoms. The van der Waals surface area contributed by atoms with Crippen molar-refractivity contribution in [2.75, 3.05) is 37.7 Å². The molecule has 1 aliphatic heterocycles. The van der Waals surface area contributed by atoms with E-state index in [1.165, 1.54) is 17.0 Å². The minimum atomic E-state index is -0.257. The molecule has 166 valence electrons. The molecule has 0 bridgehead atoms. The van der Waals surface area contributed by atoms with Crippen molar-refractivity contribution >= 4 is 23.2 Å². The van der Waals surface area contributed by atoms with Crippen LogP contribution in [0.1, 0.15) is 6.92 Å². The van der Waals surface area contributed by atoms with Gasteiger partial charge in [0.05, 0.1) is 29.3 Å². The predicted octanol–water partition coefficient (Wildman–Crippen LogP) is 3.31. The van der Waals surface area contributed by atoms with Gasteiger partial charge in [-0.15, -0.1) is 0 Å². The van der Waals surface area contributed by atoms with Crippen molar-refractivity contribution in [2.45, 2.75) is 13.5 Å². The number of aromatic nitrogens is 2. The summed E-state index contributed by atoms with van der Waals surface area (Å²) in [5, 5.41) is 0.706. The van der Waals surface area contributed by atoms with Crippen molar-refractivity contribution < 1.29 is 9.53 Å². The summed E-state index contributed by atoms with van der Waals surface area (Å²) in [4.78, 5) is 33.7. The fraction of sp³-hybridized carbons (Fsp3) is 0.292. The van der Waals surface area contributed by atoms with Gasteiger partial charge in [0, 0.05) is 37.8 Å². The van der Waals surface area contributed by atoms with Gasteiger partial charge in [-0.05, 0) is 43.3 Å². The molecule has 3 aromatic rings. The highest BCUT2D eigenvalue weighted by atomic mass is 35.5. The maximum atomic E-state index is 12.8. The average Bonchev–Trinajstić information content (AvgIpc) is 2.81. The zero-order valence-corrected chi connectivity index (χ0v) is 18.7. The molecule has 1 fully saturated rings. The molecular formula is C24H25ClN4O3. The molecule has 1 aliphatic rings. The summed E-state index contributed by atoms with van der Waals surface area (Å²) in [7, 11) is 0. The first-order valence-electron chi connectivity index (χ1n) is 10.6. The second kappa shape index (κ2) is 9.87. The lowest BCUT2D eigenvalue weighted by atomic mass is 10.1. The quantitative estimate of drug-likeness (QED) is 0.574. The summed E-state index contributed by atoms with van der Waals surface area (Å²) >= 11 is 6.29. The maximum absolute atomic E-state index is 12.8. The standard InChI is InChI=1S/C24H25ClN4O3/c1-2-32-19-9-7-18(8-10-19)21-15-23(30)29(17-26-21)16-24(31)28-13-11-27(12-14-28)22-6-4-3-5-20(22)25/h3-10,15,17H,2,11-14,16H2,1H3. The number of anilines is 1. The van der Waals surface area contributed by atoms with Gasteiger partial charge in [0.2, 0.25) is 5.91 Å². The van der Waals surface area contributed by atoms with Crippen LogP contribution in [-0.4, -0.2) is 53.1 Å². The molecular weight excluding hydrogens is 428 g/mol. The fourth-order valence-electron chi connectivity index (χ4n) is 3.74. The monoisotopic (exact) mass is 452 g/mol. The highest BCUT2D eigenvalue weighted by molar-refractivity contribution is 6.33. The summed E-state index contributed by atoms with van der Waals surface area (Å²) in [5.74, 6) is 0.673. The Hall–Kier alpha value is -3.32. The van der Waals surface area contributed by atoms with Crippen molar-refractivity contribution in [2.24, 2.45) is 0 Å². The number of nitrogens with zero attached hydrogens (tertiary/aromatic N) is 4. The predicted molar refractivity (Wildman–Crippen MR) is 125 cm³/mol. The normalized spacial score (nSPS) is 13.8. The van der Waals surface area contributed by atoms with Gasteiger partial charge >= 0.3 is 0 Å². The van der Waals surface area contributed by atoms with Gasteiger partial charge < -0.3 is 14.5 Å². The van der Waals surface area contributed by atoms with Crippen LogP contribution in [0.3, 0.4) is 0 Å². The van der Waals surface area contributed by atoms with Crippen molar-refractivity contribution in [3.8, 4) is 17.0 Å². The molecule has 2 aromatic carbocycles. The number of piperazine rings is 1. The van der Waals surface area contributed by atoms with Crippen LogP contribution in [0.25, 0.3) is 11.3 Å². The summed E-state index contributed by atoms with van der Waals surface area (Å²) in [6.07, 6.45) is 1.44. The molecule has 1 amide bonds. The Kier molecular flexibility index (Phi) is 6.75. The first-order chi connectivity index (χ1) is 15.5. The second-order valence-corrected chi connectivity index (χ2v) is 7.92. The number of carbonyl (C=O) groups excluding carboxylic acids is 1. The number of ether oxygens (including phenoxy) is 1. The first kappa shape index (κ1) is 21.9. The SMILES string of the molecule is CCOc1ccc(-c2cc(=O)n(CC(=O)N3CCN(c4ccccc4Cl)CC3)cn2)cc1. The minimum absolute atomic E-state index is 0.0263. The van der Waals surface area contributed by atoms with E-state index < -0.39 is 0 Å². The zero-order valence-electron chi connectivity index (χ0n) is 17.9. The van der Waals surface area contributed by atoms with Gasteiger partial charge in [-0.1, -0.05) is 23.7 Å². The highest BCUT2D eigenvalue weighted by Crippen LogP contribution is 2.26. The van der Waals surface area contributed by atoms with Crippen LogP contribution in [0.2, 0.25) is 5.02 Å². The smallest absolute Gasteiger partial charge is 0.254 e. The Morgan fingerprint density at radius 3 is 2.44 bits per heavy atom. The molecule has 0 radical (unpaired) electrons. The van der Waals surface area contributed by atoms with Crippen LogP contribution in [0.15, 0.2) is 65.7 Å². The molecule has 1 saturated heterocycles. The van der Waals surface area contributed by atoms with Gasteiger partial charge in [0.1, 0.15) is 12.3 Å². The van der Waals surface area contributed by atoms with Crippen molar-refractivity contribution in [1.29, 1.82) is 0 Å². The Morgan fingerprint density at radius 1 is 1.06 bits per heavy atom. The lowest BCUT2D eigenvalue weighted by Crippen LogP contribution is -2.50. The minimum Gasteiger partial charge on any atom is -0.494 e. The van der Waals surface area contributed by atoms with Crippen LogP contribution in [-0.2, 0) is 11.3 Å². The Bertz CT molecular complexity index is 1140. The van der Waals surface area contributed by atoms with E-state index in [4.69, 9.17) is 16.3 Å². The molecule has 0 unspecified atom stereocenters. The molecule has 0 saturated carbocycles. The van der Waals surface area contributed by atoms with Crippen LogP contribution >= 0.6 is 11.6 Å². The van der Waals surface area contributed by atoms with Crippen LogP contribution in [0.5, 0.6) is 5.75 Å². The Labute approximate surface area is 191 Å².